The average Bonchev–Trinajstić information content (AvgIpc) is 3.29. The number of carbonyl (C=O) groups excluding carboxylic acids is 2. The molecule has 2 aromatic rings. The molecule has 7 nitrogen and oxygen atoms in total. The van der Waals surface area contributed by atoms with Crippen LogP contribution in [-0.4, -0.2) is 59.9 Å². The summed E-state index contributed by atoms with van der Waals surface area (Å²) in [5.41, 5.74) is 2.15. The van der Waals surface area contributed by atoms with Gasteiger partial charge in [0.25, 0.3) is 5.91 Å². The molecule has 30 heavy (non-hydrogen) atoms. The van der Waals surface area contributed by atoms with E-state index in [-0.39, 0.29) is 17.9 Å². The summed E-state index contributed by atoms with van der Waals surface area (Å²) in [5, 5.41) is 0. The Morgan fingerprint density at radius 3 is 2.63 bits per heavy atom. The first-order chi connectivity index (χ1) is 14.4. The molecule has 2 aliphatic rings. The zero-order valence-electron chi connectivity index (χ0n) is 18.1. The fraction of sp³-hybridized carbons (Fsp3) is 0.478. The minimum atomic E-state index is -0.199. The van der Waals surface area contributed by atoms with Crippen LogP contribution in [0.1, 0.15) is 49.4 Å². The maximum absolute atomic E-state index is 13.0. The molecule has 2 heterocycles. The van der Waals surface area contributed by atoms with Crippen molar-refractivity contribution in [2.24, 2.45) is 0 Å². The largest absolute Gasteiger partial charge is 0.345 e. The second-order valence-corrected chi connectivity index (χ2v) is 8.35. The molecule has 1 aliphatic heterocycles. The van der Waals surface area contributed by atoms with Crippen molar-refractivity contribution >= 4 is 23.3 Å². The SMILES string of the molecule is CCC1C(=O)N(C)c2cnc(-c3cccc(C(=O)N(C)C)c3)nc2N1C1CCCC1. The first-order valence-electron chi connectivity index (χ1n) is 10.7. The Hall–Kier alpha value is -2.96. The van der Waals surface area contributed by atoms with Gasteiger partial charge in [-0.25, -0.2) is 9.97 Å². The highest BCUT2D eigenvalue weighted by atomic mass is 16.2. The number of rotatable bonds is 4. The lowest BCUT2D eigenvalue weighted by atomic mass is 10.0. The molecule has 1 aromatic heterocycles. The van der Waals surface area contributed by atoms with Crippen LogP contribution in [0.2, 0.25) is 0 Å². The first-order valence-corrected chi connectivity index (χ1v) is 10.7. The van der Waals surface area contributed by atoms with Crippen LogP contribution in [0.25, 0.3) is 11.4 Å². The van der Waals surface area contributed by atoms with Crippen molar-refractivity contribution in [1.29, 1.82) is 0 Å². The molecule has 0 radical (unpaired) electrons. The van der Waals surface area contributed by atoms with Gasteiger partial charge in [0.15, 0.2) is 11.6 Å². The van der Waals surface area contributed by atoms with Gasteiger partial charge in [-0.15, -0.1) is 0 Å². The number of likely N-dealkylation sites (N-methyl/N-ethyl adjacent to an activating group) is 1. The van der Waals surface area contributed by atoms with E-state index >= 15 is 0 Å². The number of hydrogen-bond acceptors (Lipinski definition) is 5. The second-order valence-electron chi connectivity index (χ2n) is 8.35. The summed E-state index contributed by atoms with van der Waals surface area (Å²) in [7, 11) is 5.28. The zero-order valence-corrected chi connectivity index (χ0v) is 18.1. The molecule has 158 valence electrons. The van der Waals surface area contributed by atoms with Gasteiger partial charge in [0.2, 0.25) is 5.91 Å². The molecule has 2 amide bonds. The molecule has 1 saturated carbocycles. The van der Waals surface area contributed by atoms with E-state index in [2.05, 4.69) is 16.8 Å². The summed E-state index contributed by atoms with van der Waals surface area (Å²) in [4.78, 5) is 40.4. The third kappa shape index (κ3) is 3.42. The third-order valence-corrected chi connectivity index (χ3v) is 6.19. The van der Waals surface area contributed by atoms with Crippen molar-refractivity contribution < 1.29 is 9.59 Å². The summed E-state index contributed by atoms with van der Waals surface area (Å²) in [5.74, 6) is 1.44. The molecular weight excluding hydrogens is 378 g/mol. The Kier molecular flexibility index (Phi) is 5.45. The molecule has 0 saturated heterocycles. The molecule has 1 aliphatic carbocycles. The number of amides is 2. The van der Waals surface area contributed by atoms with Gasteiger partial charge >= 0.3 is 0 Å². The van der Waals surface area contributed by atoms with Gasteiger partial charge in [0.05, 0.1) is 6.20 Å². The molecule has 1 atom stereocenters. The molecule has 0 N–H and O–H groups in total. The predicted molar refractivity (Wildman–Crippen MR) is 118 cm³/mol. The lowest BCUT2D eigenvalue weighted by Crippen LogP contribution is -2.55. The second kappa shape index (κ2) is 8.05. The van der Waals surface area contributed by atoms with Gasteiger partial charge in [-0.2, -0.15) is 0 Å². The number of hydrogen-bond donors (Lipinski definition) is 0. The summed E-state index contributed by atoms with van der Waals surface area (Å²) in [6.07, 6.45) is 7.01. The minimum absolute atomic E-state index is 0.0567. The van der Waals surface area contributed by atoms with Crippen LogP contribution in [0.3, 0.4) is 0 Å². The topological polar surface area (TPSA) is 69.6 Å². The Morgan fingerprint density at radius 2 is 1.97 bits per heavy atom. The molecule has 1 fully saturated rings. The van der Waals surface area contributed by atoms with Crippen molar-refractivity contribution in [3.8, 4) is 11.4 Å². The predicted octanol–water partition coefficient (Wildman–Crippen LogP) is 3.35. The molecule has 7 heteroatoms. The van der Waals surface area contributed by atoms with Gasteiger partial charge in [-0.05, 0) is 31.4 Å². The van der Waals surface area contributed by atoms with Crippen molar-refractivity contribution in [2.45, 2.75) is 51.1 Å². The number of fused-ring (bicyclic) bond motifs is 1. The van der Waals surface area contributed by atoms with E-state index < -0.39 is 0 Å². The van der Waals surface area contributed by atoms with Crippen molar-refractivity contribution in [3.05, 3.63) is 36.0 Å². The third-order valence-electron chi connectivity index (χ3n) is 6.19. The van der Waals surface area contributed by atoms with Crippen molar-refractivity contribution in [1.82, 2.24) is 14.9 Å². The monoisotopic (exact) mass is 407 g/mol. The van der Waals surface area contributed by atoms with Crippen LogP contribution in [0.4, 0.5) is 11.5 Å². The van der Waals surface area contributed by atoms with E-state index in [1.165, 1.54) is 12.8 Å². The molecule has 1 unspecified atom stereocenters. The summed E-state index contributed by atoms with van der Waals surface area (Å²) >= 11 is 0. The Balaban J connectivity index is 1.80. The molecule has 0 bridgehead atoms. The number of aromatic nitrogens is 2. The van der Waals surface area contributed by atoms with E-state index in [1.807, 2.05) is 18.2 Å². The van der Waals surface area contributed by atoms with Crippen LogP contribution < -0.4 is 9.80 Å². The van der Waals surface area contributed by atoms with Gasteiger partial charge in [0, 0.05) is 38.3 Å². The molecular formula is C23H29N5O2. The first kappa shape index (κ1) is 20.3. The quantitative estimate of drug-likeness (QED) is 0.777. The maximum Gasteiger partial charge on any atom is 0.253 e. The molecule has 4 rings (SSSR count). The lowest BCUT2D eigenvalue weighted by molar-refractivity contribution is -0.120. The van der Waals surface area contributed by atoms with Crippen molar-refractivity contribution in [2.75, 3.05) is 30.9 Å². The molecule has 0 spiro atoms. The van der Waals surface area contributed by atoms with Crippen LogP contribution >= 0.6 is 0 Å². The van der Waals surface area contributed by atoms with Crippen LogP contribution in [0, 0.1) is 0 Å². The van der Waals surface area contributed by atoms with Crippen molar-refractivity contribution in [3.63, 3.8) is 0 Å². The van der Waals surface area contributed by atoms with Crippen LogP contribution in [-0.2, 0) is 4.79 Å². The highest BCUT2D eigenvalue weighted by Gasteiger charge is 2.41. The lowest BCUT2D eigenvalue weighted by Gasteiger charge is -2.43. The highest BCUT2D eigenvalue weighted by molar-refractivity contribution is 6.04. The Morgan fingerprint density at radius 1 is 1.23 bits per heavy atom. The summed E-state index contributed by atoms with van der Waals surface area (Å²) in [6.45, 7) is 2.06. The van der Waals surface area contributed by atoms with Gasteiger partial charge in [-0.1, -0.05) is 31.9 Å². The van der Waals surface area contributed by atoms with E-state index in [0.29, 0.717) is 17.4 Å². The Bertz CT molecular complexity index is 968. The average molecular weight is 408 g/mol. The Labute approximate surface area is 177 Å². The number of anilines is 2. The van der Waals surface area contributed by atoms with Gasteiger partial charge < -0.3 is 14.7 Å². The fourth-order valence-electron chi connectivity index (χ4n) is 4.57. The summed E-state index contributed by atoms with van der Waals surface area (Å²) < 4.78 is 0. The van der Waals surface area contributed by atoms with E-state index in [0.717, 1.165) is 36.3 Å². The van der Waals surface area contributed by atoms with Crippen LogP contribution in [0.5, 0.6) is 0 Å². The minimum Gasteiger partial charge on any atom is -0.345 e. The standard InChI is InChI=1S/C23H29N5O2/c1-5-18-23(30)27(4)19-14-24-20(25-21(19)28(18)17-11-6-7-12-17)15-9-8-10-16(13-15)22(29)26(2)3/h8-10,13-14,17-18H,5-7,11-12H2,1-4H3. The van der Waals surface area contributed by atoms with Gasteiger partial charge in [0.1, 0.15) is 11.7 Å². The van der Waals surface area contributed by atoms with Gasteiger partial charge in [-0.3, -0.25) is 9.59 Å². The smallest absolute Gasteiger partial charge is 0.253 e. The highest BCUT2D eigenvalue weighted by Crippen LogP contribution is 2.40. The zero-order chi connectivity index (χ0) is 21.4. The van der Waals surface area contributed by atoms with E-state index in [4.69, 9.17) is 4.98 Å². The van der Waals surface area contributed by atoms with E-state index in [9.17, 15) is 9.59 Å². The maximum atomic E-state index is 13.0. The fourth-order valence-corrected chi connectivity index (χ4v) is 4.57. The number of benzene rings is 1. The number of carbonyl (C=O) groups is 2. The normalized spacial score (nSPS) is 19.2. The molecule has 1 aromatic carbocycles. The van der Waals surface area contributed by atoms with E-state index in [1.54, 1.807) is 43.2 Å². The van der Waals surface area contributed by atoms with Crippen LogP contribution in [0.15, 0.2) is 30.5 Å². The summed E-state index contributed by atoms with van der Waals surface area (Å²) in [6, 6.07) is 7.54. The number of nitrogens with zero attached hydrogens (tertiary/aromatic N) is 5.